The molecule has 0 unspecified atom stereocenters. The highest BCUT2D eigenvalue weighted by molar-refractivity contribution is 5.99. The number of ether oxygens (including phenoxy) is 1. The normalized spacial score (nSPS) is 10.6. The van der Waals surface area contributed by atoms with Crippen LogP contribution in [0.3, 0.4) is 0 Å². The molecule has 0 aliphatic carbocycles. The number of nitrogens with zero attached hydrogens (tertiary/aromatic N) is 1. The van der Waals surface area contributed by atoms with E-state index in [1.807, 2.05) is 26.0 Å². The number of rotatable bonds is 7. The lowest BCUT2D eigenvalue weighted by molar-refractivity contribution is -0.117. The summed E-state index contributed by atoms with van der Waals surface area (Å²) in [5.41, 5.74) is 2.58. The van der Waals surface area contributed by atoms with E-state index in [4.69, 9.17) is 4.74 Å². The molecule has 27 heavy (non-hydrogen) atoms. The van der Waals surface area contributed by atoms with Gasteiger partial charge in [0.05, 0.1) is 6.61 Å². The molecule has 0 saturated heterocycles. The van der Waals surface area contributed by atoms with Gasteiger partial charge in [0.1, 0.15) is 6.54 Å². The molecule has 0 radical (unpaired) electrons. The molecule has 0 spiro atoms. The summed E-state index contributed by atoms with van der Waals surface area (Å²) in [7, 11) is 1.47. The minimum absolute atomic E-state index is 0.0375. The predicted molar refractivity (Wildman–Crippen MR) is 98.7 cm³/mol. The number of aryl methyl sites for hydroxylation is 1. The van der Waals surface area contributed by atoms with Crippen LogP contribution in [-0.2, 0) is 9.53 Å². The quantitative estimate of drug-likeness (QED) is 0.807. The SMILES string of the molecule is COCCN(CC(=O)Nc1cccc(C)c1C)C(=O)c1ccc(F)c(F)c1. The van der Waals surface area contributed by atoms with Gasteiger partial charge in [-0.05, 0) is 49.2 Å². The Kier molecular flexibility index (Phi) is 7.01. The Morgan fingerprint density at radius 2 is 1.85 bits per heavy atom. The second kappa shape index (κ2) is 9.23. The van der Waals surface area contributed by atoms with Crippen molar-refractivity contribution in [2.24, 2.45) is 0 Å². The van der Waals surface area contributed by atoms with E-state index in [-0.39, 0.29) is 25.3 Å². The van der Waals surface area contributed by atoms with Gasteiger partial charge in [0.25, 0.3) is 5.91 Å². The smallest absolute Gasteiger partial charge is 0.254 e. The van der Waals surface area contributed by atoms with Gasteiger partial charge in [-0.2, -0.15) is 0 Å². The summed E-state index contributed by atoms with van der Waals surface area (Å²) in [6.45, 7) is 3.91. The first-order chi connectivity index (χ1) is 12.8. The second-order valence-corrected chi connectivity index (χ2v) is 6.14. The highest BCUT2D eigenvalue weighted by atomic mass is 19.2. The third-order valence-corrected chi connectivity index (χ3v) is 4.23. The number of carbonyl (C=O) groups is 2. The van der Waals surface area contributed by atoms with Crippen LogP contribution in [0.4, 0.5) is 14.5 Å². The lowest BCUT2D eigenvalue weighted by atomic mass is 10.1. The average Bonchev–Trinajstić information content (AvgIpc) is 2.64. The van der Waals surface area contributed by atoms with Gasteiger partial charge in [-0.15, -0.1) is 0 Å². The van der Waals surface area contributed by atoms with Crippen molar-refractivity contribution >= 4 is 17.5 Å². The van der Waals surface area contributed by atoms with E-state index < -0.39 is 23.4 Å². The Hall–Kier alpha value is -2.80. The molecule has 0 bridgehead atoms. The van der Waals surface area contributed by atoms with E-state index in [9.17, 15) is 18.4 Å². The van der Waals surface area contributed by atoms with Gasteiger partial charge in [-0.25, -0.2) is 8.78 Å². The fourth-order valence-electron chi connectivity index (χ4n) is 2.52. The van der Waals surface area contributed by atoms with Crippen LogP contribution in [0.1, 0.15) is 21.5 Å². The zero-order chi connectivity index (χ0) is 20.0. The minimum atomic E-state index is -1.12. The molecule has 5 nitrogen and oxygen atoms in total. The van der Waals surface area contributed by atoms with Crippen LogP contribution in [-0.4, -0.2) is 43.5 Å². The van der Waals surface area contributed by atoms with Crippen LogP contribution >= 0.6 is 0 Å². The van der Waals surface area contributed by atoms with Crippen molar-refractivity contribution in [3.8, 4) is 0 Å². The van der Waals surface area contributed by atoms with Crippen molar-refractivity contribution in [2.75, 3.05) is 32.1 Å². The highest BCUT2D eigenvalue weighted by Crippen LogP contribution is 2.18. The predicted octanol–water partition coefficient (Wildman–Crippen LogP) is 3.31. The second-order valence-electron chi connectivity index (χ2n) is 6.14. The van der Waals surface area contributed by atoms with Crippen LogP contribution in [0, 0.1) is 25.5 Å². The lowest BCUT2D eigenvalue weighted by Crippen LogP contribution is -2.40. The molecule has 144 valence electrons. The molecule has 0 heterocycles. The molecule has 0 fully saturated rings. The molecule has 0 aromatic heterocycles. The van der Waals surface area contributed by atoms with Crippen LogP contribution in [0.25, 0.3) is 0 Å². The Bertz CT molecular complexity index is 840. The number of methoxy groups -OCH3 is 1. The molecule has 0 aliphatic heterocycles. The molecule has 2 rings (SSSR count). The van der Waals surface area contributed by atoms with Gasteiger partial charge >= 0.3 is 0 Å². The number of benzene rings is 2. The molecular weight excluding hydrogens is 354 g/mol. The van der Waals surface area contributed by atoms with E-state index in [2.05, 4.69) is 5.32 Å². The zero-order valence-electron chi connectivity index (χ0n) is 15.5. The number of hydrogen-bond donors (Lipinski definition) is 1. The first-order valence-electron chi connectivity index (χ1n) is 8.42. The minimum Gasteiger partial charge on any atom is -0.383 e. The fraction of sp³-hybridized carbons (Fsp3) is 0.300. The highest BCUT2D eigenvalue weighted by Gasteiger charge is 2.20. The van der Waals surface area contributed by atoms with Gasteiger partial charge in [0, 0.05) is 24.9 Å². The van der Waals surface area contributed by atoms with Crippen molar-refractivity contribution in [1.82, 2.24) is 4.90 Å². The zero-order valence-corrected chi connectivity index (χ0v) is 15.5. The van der Waals surface area contributed by atoms with E-state index in [0.29, 0.717) is 5.69 Å². The fourth-order valence-corrected chi connectivity index (χ4v) is 2.52. The van der Waals surface area contributed by atoms with Crippen LogP contribution in [0.2, 0.25) is 0 Å². The van der Waals surface area contributed by atoms with E-state index in [0.717, 1.165) is 23.3 Å². The topological polar surface area (TPSA) is 58.6 Å². The molecule has 0 aliphatic rings. The number of amides is 2. The molecule has 2 aromatic carbocycles. The van der Waals surface area contributed by atoms with Crippen molar-refractivity contribution in [3.63, 3.8) is 0 Å². The molecule has 0 saturated carbocycles. The molecule has 2 amide bonds. The van der Waals surface area contributed by atoms with Crippen LogP contribution < -0.4 is 5.32 Å². The van der Waals surface area contributed by atoms with Gasteiger partial charge in [-0.3, -0.25) is 9.59 Å². The number of nitrogens with one attached hydrogen (secondary N) is 1. The van der Waals surface area contributed by atoms with Crippen molar-refractivity contribution in [3.05, 3.63) is 64.7 Å². The van der Waals surface area contributed by atoms with E-state index in [1.165, 1.54) is 18.1 Å². The van der Waals surface area contributed by atoms with Gasteiger partial charge < -0.3 is 15.0 Å². The summed E-state index contributed by atoms with van der Waals surface area (Å²) in [6.07, 6.45) is 0. The van der Waals surface area contributed by atoms with Crippen molar-refractivity contribution in [1.29, 1.82) is 0 Å². The molecular formula is C20H22F2N2O3. The standard InChI is InChI=1S/C20H22F2N2O3/c1-13-5-4-6-18(14(13)2)23-19(25)12-24(9-10-27-3)20(26)15-7-8-16(21)17(22)11-15/h4-8,11H,9-10,12H2,1-3H3,(H,23,25). The number of halogens is 2. The van der Waals surface area contributed by atoms with E-state index >= 15 is 0 Å². The van der Waals surface area contributed by atoms with Crippen LogP contribution in [0.15, 0.2) is 36.4 Å². The largest absolute Gasteiger partial charge is 0.383 e. The van der Waals surface area contributed by atoms with Gasteiger partial charge in [0.2, 0.25) is 5.91 Å². The third kappa shape index (κ3) is 5.34. The lowest BCUT2D eigenvalue weighted by Gasteiger charge is -2.22. The number of hydrogen-bond acceptors (Lipinski definition) is 3. The average molecular weight is 376 g/mol. The summed E-state index contributed by atoms with van der Waals surface area (Å²) in [4.78, 5) is 26.3. The summed E-state index contributed by atoms with van der Waals surface area (Å²) in [5.74, 6) is -3.13. The maximum absolute atomic E-state index is 13.4. The summed E-state index contributed by atoms with van der Waals surface area (Å²) < 4.78 is 31.5. The van der Waals surface area contributed by atoms with Crippen molar-refractivity contribution in [2.45, 2.75) is 13.8 Å². The monoisotopic (exact) mass is 376 g/mol. The Labute approximate surface area is 156 Å². The summed E-state index contributed by atoms with van der Waals surface area (Å²) >= 11 is 0. The Morgan fingerprint density at radius 3 is 2.52 bits per heavy atom. The molecule has 0 atom stereocenters. The first kappa shape index (κ1) is 20.5. The van der Waals surface area contributed by atoms with Crippen molar-refractivity contribution < 1.29 is 23.1 Å². The van der Waals surface area contributed by atoms with Gasteiger partial charge in [-0.1, -0.05) is 12.1 Å². The molecule has 7 heteroatoms. The maximum Gasteiger partial charge on any atom is 0.254 e. The van der Waals surface area contributed by atoms with Crippen LogP contribution in [0.5, 0.6) is 0 Å². The number of carbonyl (C=O) groups excluding carboxylic acids is 2. The van der Waals surface area contributed by atoms with E-state index in [1.54, 1.807) is 6.07 Å². The Balaban J connectivity index is 2.15. The molecule has 1 N–H and O–H groups in total. The molecule has 2 aromatic rings. The first-order valence-corrected chi connectivity index (χ1v) is 8.42. The Morgan fingerprint density at radius 1 is 1.11 bits per heavy atom. The summed E-state index contributed by atoms with van der Waals surface area (Å²) in [6, 6.07) is 8.42. The number of anilines is 1. The summed E-state index contributed by atoms with van der Waals surface area (Å²) in [5, 5.41) is 2.78. The maximum atomic E-state index is 13.4. The van der Waals surface area contributed by atoms with Gasteiger partial charge in [0.15, 0.2) is 11.6 Å². The third-order valence-electron chi connectivity index (χ3n) is 4.23.